The number of aromatic nitrogens is 1. The lowest BCUT2D eigenvalue weighted by Crippen LogP contribution is -2.32. The fourth-order valence-corrected chi connectivity index (χ4v) is 4.42. The molecule has 0 amide bonds. The number of rotatable bonds is 7. The molecule has 0 spiro atoms. The Balaban J connectivity index is 1.80. The number of nitrogens with zero attached hydrogens (tertiary/aromatic N) is 1. The number of sulfonamides is 1. The van der Waals surface area contributed by atoms with Gasteiger partial charge in [-0.15, -0.1) is 0 Å². The molecule has 0 atom stereocenters. The maximum absolute atomic E-state index is 11.9. The summed E-state index contributed by atoms with van der Waals surface area (Å²) in [7, 11) is 2.78. The molecule has 1 aliphatic rings. The normalized spacial score (nSPS) is 16.3. The molecule has 2 radical (unpaired) electrons. The molecule has 1 N–H and O–H groups in total. The predicted octanol–water partition coefficient (Wildman–Crippen LogP) is 2.50. The molecule has 0 unspecified atom stereocenters. The highest BCUT2D eigenvalue weighted by molar-refractivity contribution is 7.90. The van der Waals surface area contributed by atoms with E-state index < -0.39 is 15.3 Å². The molecule has 1 aromatic carbocycles. The summed E-state index contributed by atoms with van der Waals surface area (Å²) in [6, 6.07) is 6.01. The van der Waals surface area contributed by atoms with E-state index in [0.717, 1.165) is 23.4 Å². The van der Waals surface area contributed by atoms with Gasteiger partial charge in [0.2, 0.25) is 10.0 Å². The zero-order valence-electron chi connectivity index (χ0n) is 15.2. The third kappa shape index (κ3) is 4.29. The van der Waals surface area contributed by atoms with Gasteiger partial charge in [0.1, 0.15) is 7.85 Å². The van der Waals surface area contributed by atoms with Crippen LogP contribution in [0.3, 0.4) is 0 Å². The van der Waals surface area contributed by atoms with Gasteiger partial charge >= 0.3 is 0 Å². The number of fused-ring (bicyclic) bond motifs is 1. The van der Waals surface area contributed by atoms with Gasteiger partial charge in [-0.2, -0.15) is 0 Å². The summed E-state index contributed by atoms with van der Waals surface area (Å²) >= 11 is 0. The summed E-state index contributed by atoms with van der Waals surface area (Å²) in [4.78, 5) is 0. The summed E-state index contributed by atoms with van der Waals surface area (Å²) in [6.07, 6.45) is 8.12. The van der Waals surface area contributed by atoms with Crippen LogP contribution in [0, 0.1) is 5.92 Å². The lowest BCUT2D eigenvalue weighted by Gasteiger charge is -2.11. The molecule has 134 valence electrons. The minimum Gasteiger partial charge on any atom is -0.347 e. The highest BCUT2D eigenvalue weighted by Crippen LogP contribution is 2.29. The molecule has 25 heavy (non-hydrogen) atoms. The molecular formula is C19H27BN2O2S. The van der Waals surface area contributed by atoms with E-state index in [1.807, 2.05) is 12.1 Å². The van der Waals surface area contributed by atoms with Gasteiger partial charge in [-0.3, -0.25) is 0 Å². The largest absolute Gasteiger partial charge is 0.347 e. The Hall–Kier alpha value is -1.27. The van der Waals surface area contributed by atoms with Gasteiger partial charge in [-0.25, -0.2) is 13.1 Å². The van der Waals surface area contributed by atoms with Gasteiger partial charge in [0.15, 0.2) is 0 Å². The van der Waals surface area contributed by atoms with Crippen molar-refractivity contribution >= 4 is 34.2 Å². The van der Waals surface area contributed by atoms with Crippen LogP contribution >= 0.6 is 0 Å². The molecule has 0 bridgehead atoms. The molecular weight excluding hydrogens is 331 g/mol. The average molecular weight is 358 g/mol. The minimum atomic E-state index is -3.22. The zero-order valence-corrected chi connectivity index (χ0v) is 16.0. The van der Waals surface area contributed by atoms with Gasteiger partial charge in [0, 0.05) is 30.2 Å². The van der Waals surface area contributed by atoms with Crippen molar-refractivity contribution in [2.75, 3.05) is 6.54 Å². The Labute approximate surface area is 152 Å². The molecule has 1 saturated carbocycles. The van der Waals surface area contributed by atoms with Crippen molar-refractivity contribution < 1.29 is 8.42 Å². The molecule has 0 saturated heterocycles. The van der Waals surface area contributed by atoms with E-state index in [4.69, 9.17) is 7.85 Å². The van der Waals surface area contributed by atoms with E-state index >= 15 is 0 Å². The molecule has 1 aromatic heterocycles. The van der Waals surface area contributed by atoms with Crippen LogP contribution in [0.15, 0.2) is 24.4 Å². The molecule has 1 fully saturated rings. The average Bonchev–Trinajstić information content (AvgIpc) is 3.16. The van der Waals surface area contributed by atoms with Crippen molar-refractivity contribution in [1.82, 2.24) is 9.29 Å². The van der Waals surface area contributed by atoms with Crippen LogP contribution in [0.25, 0.3) is 10.9 Å². The number of benzene rings is 1. The lowest BCUT2D eigenvalue weighted by molar-refractivity contribution is 0.465. The van der Waals surface area contributed by atoms with E-state index in [1.165, 1.54) is 36.6 Å². The molecule has 1 aliphatic carbocycles. The van der Waals surface area contributed by atoms with Crippen LogP contribution < -0.4 is 10.2 Å². The second-order valence-electron chi connectivity index (χ2n) is 7.47. The van der Waals surface area contributed by atoms with Crippen LogP contribution in [-0.4, -0.2) is 32.6 Å². The van der Waals surface area contributed by atoms with Gasteiger partial charge in [-0.1, -0.05) is 30.4 Å². The number of hydrogen-bond donors (Lipinski definition) is 1. The summed E-state index contributed by atoms with van der Waals surface area (Å²) in [6.45, 7) is 4.84. The zero-order chi connectivity index (χ0) is 18.0. The van der Waals surface area contributed by atoms with Crippen molar-refractivity contribution in [3.63, 3.8) is 0 Å². The SMILES string of the molecule is [B]c1ccc2c(CCNS(=O)(=O)C(C)C)cn(CC3CCCC3)c2c1. The maximum Gasteiger partial charge on any atom is 0.213 e. The van der Waals surface area contributed by atoms with Gasteiger partial charge in [0.05, 0.1) is 5.25 Å². The van der Waals surface area contributed by atoms with E-state index in [9.17, 15) is 8.42 Å². The van der Waals surface area contributed by atoms with Gasteiger partial charge in [0.25, 0.3) is 0 Å². The maximum atomic E-state index is 11.9. The molecule has 4 nitrogen and oxygen atoms in total. The third-order valence-corrected chi connectivity index (χ3v) is 7.08. The first kappa shape index (κ1) is 18.5. The first-order chi connectivity index (χ1) is 11.9. The second-order valence-corrected chi connectivity index (χ2v) is 9.79. The Morgan fingerprint density at radius 3 is 2.68 bits per heavy atom. The Bertz CT molecular complexity index is 836. The smallest absolute Gasteiger partial charge is 0.213 e. The predicted molar refractivity (Wildman–Crippen MR) is 105 cm³/mol. The molecule has 1 heterocycles. The van der Waals surface area contributed by atoms with E-state index in [-0.39, 0.29) is 0 Å². The summed E-state index contributed by atoms with van der Waals surface area (Å²) in [5, 5.41) is 0.770. The standard InChI is InChI=1S/C19H27BN2O2S/c1-14(2)25(23,24)21-10-9-16-13-22(12-15-5-3-4-6-15)19-11-17(20)7-8-18(16)19/h7-8,11,13-15,21H,3-6,9-10,12H2,1-2H3. The van der Waals surface area contributed by atoms with Crippen LogP contribution in [-0.2, 0) is 23.0 Å². The Kier molecular flexibility index (Phi) is 5.59. The summed E-state index contributed by atoms with van der Waals surface area (Å²) in [5.41, 5.74) is 3.11. The summed E-state index contributed by atoms with van der Waals surface area (Å²) in [5.74, 6) is 0.740. The molecule has 2 aromatic rings. The van der Waals surface area contributed by atoms with E-state index in [1.54, 1.807) is 13.8 Å². The van der Waals surface area contributed by atoms with Crippen molar-refractivity contribution in [2.45, 2.75) is 57.7 Å². The Morgan fingerprint density at radius 1 is 1.28 bits per heavy atom. The second kappa shape index (κ2) is 7.54. The lowest BCUT2D eigenvalue weighted by atomic mass is 9.94. The quantitative estimate of drug-likeness (QED) is 0.774. The highest BCUT2D eigenvalue weighted by atomic mass is 32.2. The van der Waals surface area contributed by atoms with Crippen LogP contribution in [0.5, 0.6) is 0 Å². The topological polar surface area (TPSA) is 51.1 Å². The van der Waals surface area contributed by atoms with Crippen LogP contribution in [0.2, 0.25) is 0 Å². The van der Waals surface area contributed by atoms with Crippen molar-refractivity contribution in [2.24, 2.45) is 5.92 Å². The molecule has 0 aliphatic heterocycles. The first-order valence-electron chi connectivity index (χ1n) is 9.22. The number of hydrogen-bond acceptors (Lipinski definition) is 2. The minimum absolute atomic E-state index is 0.406. The molecule has 3 rings (SSSR count). The highest BCUT2D eigenvalue weighted by Gasteiger charge is 2.18. The fourth-order valence-electron chi connectivity index (χ4n) is 3.70. The summed E-state index contributed by atoms with van der Waals surface area (Å²) < 4.78 is 28.9. The Morgan fingerprint density at radius 2 is 2.00 bits per heavy atom. The van der Waals surface area contributed by atoms with Crippen LogP contribution in [0.4, 0.5) is 0 Å². The van der Waals surface area contributed by atoms with Crippen molar-refractivity contribution in [3.8, 4) is 0 Å². The van der Waals surface area contributed by atoms with Gasteiger partial charge < -0.3 is 4.57 Å². The van der Waals surface area contributed by atoms with E-state index in [0.29, 0.717) is 13.0 Å². The van der Waals surface area contributed by atoms with Gasteiger partial charge in [-0.05, 0) is 50.7 Å². The van der Waals surface area contributed by atoms with E-state index in [2.05, 4.69) is 21.6 Å². The fraction of sp³-hybridized carbons (Fsp3) is 0.579. The third-order valence-electron chi connectivity index (χ3n) is 5.24. The monoisotopic (exact) mass is 358 g/mol. The van der Waals surface area contributed by atoms with Crippen LogP contribution in [0.1, 0.15) is 45.1 Å². The van der Waals surface area contributed by atoms with Crippen molar-refractivity contribution in [1.29, 1.82) is 0 Å². The molecule has 6 heteroatoms. The first-order valence-corrected chi connectivity index (χ1v) is 10.8. The number of nitrogens with one attached hydrogen (secondary N) is 1. The van der Waals surface area contributed by atoms with Crippen molar-refractivity contribution in [3.05, 3.63) is 30.0 Å².